The summed E-state index contributed by atoms with van der Waals surface area (Å²) >= 11 is 10.6. The molecule has 9 nitrogen and oxygen atoms in total. The fourth-order valence-electron chi connectivity index (χ4n) is 3.93. The monoisotopic (exact) mass is 678 g/mol. The second-order valence-electron chi connectivity index (χ2n) is 9.30. The quantitative estimate of drug-likeness (QED) is 0.110. The second-order valence-corrected chi connectivity index (χ2v) is 11.7. The summed E-state index contributed by atoms with van der Waals surface area (Å²) in [7, 11) is 0. The van der Waals surface area contributed by atoms with Gasteiger partial charge in [0, 0.05) is 26.3 Å². The van der Waals surface area contributed by atoms with E-state index in [4.69, 9.17) is 20.8 Å². The number of aryl methyl sites for hydroxylation is 1. The van der Waals surface area contributed by atoms with E-state index in [0.717, 1.165) is 21.8 Å². The normalized spacial score (nSPS) is 15.1. The van der Waals surface area contributed by atoms with Crippen LogP contribution in [0.25, 0.3) is 6.08 Å². The van der Waals surface area contributed by atoms with Crippen molar-refractivity contribution >= 4 is 74.3 Å². The highest BCUT2D eigenvalue weighted by molar-refractivity contribution is 9.10. The Balaban J connectivity index is 1.38. The van der Waals surface area contributed by atoms with Crippen molar-refractivity contribution in [3.05, 3.63) is 116 Å². The smallest absolute Gasteiger partial charge is 0.267 e. The van der Waals surface area contributed by atoms with E-state index in [0.29, 0.717) is 43.4 Å². The topological polar surface area (TPSA) is 117 Å². The Morgan fingerprint density at radius 2 is 1.95 bits per heavy atom. The van der Waals surface area contributed by atoms with Crippen molar-refractivity contribution in [2.75, 3.05) is 11.9 Å². The van der Waals surface area contributed by atoms with Crippen LogP contribution in [0.2, 0.25) is 5.02 Å². The van der Waals surface area contributed by atoms with Crippen molar-refractivity contribution in [3.63, 3.8) is 0 Å². The molecule has 0 aliphatic carbocycles. The first-order valence-corrected chi connectivity index (χ1v) is 14.9. The zero-order valence-electron chi connectivity index (χ0n) is 22.7. The van der Waals surface area contributed by atoms with Gasteiger partial charge in [-0.3, -0.25) is 14.5 Å². The molecule has 0 saturated carbocycles. The first kappa shape index (κ1) is 30.1. The van der Waals surface area contributed by atoms with Crippen LogP contribution in [-0.2, 0) is 16.1 Å². The number of hydrogen-bond donors (Lipinski definition) is 2. The van der Waals surface area contributed by atoms with Crippen LogP contribution in [-0.4, -0.2) is 39.8 Å². The Morgan fingerprint density at radius 1 is 1.14 bits per heavy atom. The van der Waals surface area contributed by atoms with E-state index in [1.54, 1.807) is 48.5 Å². The summed E-state index contributed by atoms with van der Waals surface area (Å²) in [6.45, 7) is 1.87. The maximum absolute atomic E-state index is 13.6. The van der Waals surface area contributed by atoms with Gasteiger partial charge in [0.2, 0.25) is 0 Å². The molecule has 2 N–H and O–H groups in total. The molecule has 2 heterocycles. The van der Waals surface area contributed by atoms with Gasteiger partial charge in [-0.15, -0.1) is 5.10 Å². The van der Waals surface area contributed by atoms with Crippen molar-refractivity contribution in [2.45, 2.75) is 13.5 Å². The molecule has 1 fully saturated rings. The largest absolute Gasteiger partial charge is 0.507 e. The summed E-state index contributed by atoms with van der Waals surface area (Å²) in [5, 5.41) is 22.0. The molecule has 0 spiro atoms. The zero-order valence-corrected chi connectivity index (χ0v) is 25.8. The third-order valence-electron chi connectivity index (χ3n) is 6.06. The van der Waals surface area contributed by atoms with E-state index in [1.165, 1.54) is 23.4 Å². The van der Waals surface area contributed by atoms with Crippen LogP contribution >= 0.6 is 39.3 Å². The third-order valence-corrected chi connectivity index (χ3v) is 7.79. The van der Waals surface area contributed by atoms with Gasteiger partial charge in [0.05, 0.1) is 23.9 Å². The number of carbonyl (C=O) groups is 2. The molecule has 218 valence electrons. The number of nitrogens with zero attached hydrogens (tertiary/aromatic N) is 3. The van der Waals surface area contributed by atoms with Gasteiger partial charge in [0.1, 0.15) is 17.3 Å². The minimum atomic E-state index is -0.320. The number of nitrogens with one attached hydrogen (secondary N) is 1. The number of ether oxygens (including phenoxy) is 1. The molecule has 12 heteroatoms. The van der Waals surface area contributed by atoms with E-state index >= 15 is 0 Å². The fourth-order valence-corrected chi connectivity index (χ4v) is 5.42. The number of anilines is 1. The van der Waals surface area contributed by atoms with Gasteiger partial charge in [0.25, 0.3) is 11.8 Å². The van der Waals surface area contributed by atoms with Crippen molar-refractivity contribution in [1.29, 1.82) is 0 Å². The van der Waals surface area contributed by atoms with Gasteiger partial charge in [-0.1, -0.05) is 45.2 Å². The van der Waals surface area contributed by atoms with Gasteiger partial charge in [-0.25, -0.2) is 0 Å². The average molecular weight is 680 g/mol. The van der Waals surface area contributed by atoms with Crippen LogP contribution in [0, 0.1) is 6.92 Å². The number of amides is 2. The Morgan fingerprint density at radius 3 is 2.72 bits per heavy atom. The maximum atomic E-state index is 13.6. The highest BCUT2D eigenvalue weighted by Gasteiger charge is 2.34. The third kappa shape index (κ3) is 7.95. The van der Waals surface area contributed by atoms with Crippen molar-refractivity contribution in [1.82, 2.24) is 4.90 Å². The standard InChI is InChI=1S/C31H24BrClN4O5S/c1-19-4-8-24(9-5-19)35-29(39)18-42-27-11-6-22(32)13-20(27)15-28-30(40)37(17-25-3-2-12-41-25)31(43-28)36-34-16-21-14-23(33)7-10-26(21)38/h2-16,38H,17-18H2,1H3,(H,35,39)/b28-15-,34-16-,36-31+. The van der Waals surface area contributed by atoms with E-state index in [2.05, 4.69) is 31.4 Å². The molecule has 0 bridgehead atoms. The van der Waals surface area contributed by atoms with Crippen LogP contribution in [0.3, 0.4) is 0 Å². The predicted octanol–water partition coefficient (Wildman–Crippen LogP) is 7.23. The van der Waals surface area contributed by atoms with E-state index in [1.807, 2.05) is 31.2 Å². The summed E-state index contributed by atoms with van der Waals surface area (Å²) in [4.78, 5) is 27.9. The summed E-state index contributed by atoms with van der Waals surface area (Å²) in [5.41, 5.74) is 2.72. The number of benzene rings is 3. The number of furan rings is 1. The molecule has 0 atom stereocenters. The number of phenols is 1. The number of carbonyl (C=O) groups excluding carboxylic acids is 2. The first-order valence-electron chi connectivity index (χ1n) is 12.9. The van der Waals surface area contributed by atoms with Gasteiger partial charge >= 0.3 is 0 Å². The van der Waals surface area contributed by atoms with Crippen LogP contribution < -0.4 is 10.1 Å². The molecule has 1 aliphatic rings. The Bertz CT molecular complexity index is 1740. The van der Waals surface area contributed by atoms with Crippen molar-refractivity contribution in [3.8, 4) is 11.5 Å². The van der Waals surface area contributed by atoms with Crippen LogP contribution in [0.15, 0.2) is 103 Å². The molecular formula is C31H24BrClN4O5S. The Kier molecular flexibility index (Phi) is 9.65. The summed E-state index contributed by atoms with van der Waals surface area (Å²) < 4.78 is 12.1. The predicted molar refractivity (Wildman–Crippen MR) is 172 cm³/mol. The lowest BCUT2D eigenvalue weighted by atomic mass is 10.2. The summed E-state index contributed by atoms with van der Waals surface area (Å²) in [6, 6.07) is 20.8. The maximum Gasteiger partial charge on any atom is 0.267 e. The number of halogens is 2. The summed E-state index contributed by atoms with van der Waals surface area (Å²) in [6.07, 6.45) is 4.56. The molecule has 5 rings (SSSR count). The molecule has 0 unspecified atom stereocenters. The number of rotatable bonds is 9. The van der Waals surface area contributed by atoms with Crippen molar-refractivity contribution < 1.29 is 23.8 Å². The second kappa shape index (κ2) is 13.8. The average Bonchev–Trinajstić information content (AvgIpc) is 3.60. The summed E-state index contributed by atoms with van der Waals surface area (Å²) in [5.74, 6) is 0.334. The van der Waals surface area contributed by atoms with Gasteiger partial charge in [-0.05, 0) is 85.4 Å². The van der Waals surface area contributed by atoms with Gasteiger partial charge < -0.3 is 19.6 Å². The molecule has 1 saturated heterocycles. The van der Waals surface area contributed by atoms with E-state index < -0.39 is 0 Å². The van der Waals surface area contributed by atoms with Crippen LogP contribution in [0.4, 0.5) is 5.69 Å². The van der Waals surface area contributed by atoms with E-state index in [9.17, 15) is 14.7 Å². The highest BCUT2D eigenvalue weighted by Crippen LogP contribution is 2.36. The zero-order chi connectivity index (χ0) is 30.3. The minimum absolute atomic E-state index is 0.00809. The molecule has 0 radical (unpaired) electrons. The number of thioether (sulfide) groups is 1. The Labute approximate surface area is 265 Å². The van der Waals surface area contributed by atoms with Crippen LogP contribution in [0.5, 0.6) is 11.5 Å². The molecular weight excluding hydrogens is 656 g/mol. The molecule has 43 heavy (non-hydrogen) atoms. The highest BCUT2D eigenvalue weighted by atomic mass is 79.9. The molecule has 4 aromatic rings. The molecule has 3 aromatic carbocycles. The van der Waals surface area contributed by atoms with E-state index in [-0.39, 0.29) is 30.7 Å². The molecule has 1 aromatic heterocycles. The number of hydrogen-bond acceptors (Lipinski definition) is 8. The molecule has 1 aliphatic heterocycles. The number of amidine groups is 1. The van der Waals surface area contributed by atoms with Crippen LogP contribution in [0.1, 0.15) is 22.5 Å². The fraction of sp³-hybridized carbons (Fsp3) is 0.0968. The lowest BCUT2D eigenvalue weighted by Crippen LogP contribution is -2.28. The van der Waals surface area contributed by atoms with Gasteiger partial charge in [-0.2, -0.15) is 5.10 Å². The first-order chi connectivity index (χ1) is 20.7. The lowest BCUT2D eigenvalue weighted by molar-refractivity contribution is -0.122. The minimum Gasteiger partial charge on any atom is -0.507 e. The number of aromatic hydroxyl groups is 1. The SMILES string of the molecule is Cc1ccc(NC(=O)COc2ccc(Br)cc2/C=C2\S/C(=N/N=C\c3cc(Cl)ccc3O)N(Cc3ccco3)C2=O)cc1. The van der Waals surface area contributed by atoms with Crippen molar-refractivity contribution in [2.24, 2.45) is 10.2 Å². The number of phenolic OH excluding ortho intramolecular Hbond substituents is 1. The lowest BCUT2D eigenvalue weighted by Gasteiger charge is -2.13. The van der Waals surface area contributed by atoms with Gasteiger partial charge in [0.15, 0.2) is 11.8 Å². The molecule has 2 amide bonds. The Hall–Kier alpha value is -4.32.